The van der Waals surface area contributed by atoms with Gasteiger partial charge in [-0.1, -0.05) is 25.0 Å². The summed E-state index contributed by atoms with van der Waals surface area (Å²) in [4.78, 5) is 50.4. The first kappa shape index (κ1) is 20.8. The van der Waals surface area contributed by atoms with Crippen LogP contribution in [0.3, 0.4) is 0 Å². The highest BCUT2D eigenvalue weighted by Crippen LogP contribution is 2.26. The monoisotopic (exact) mass is 400 g/mol. The van der Waals surface area contributed by atoms with Gasteiger partial charge in [0.1, 0.15) is 6.54 Å². The van der Waals surface area contributed by atoms with Crippen LogP contribution in [-0.2, 0) is 20.9 Å². The lowest BCUT2D eigenvalue weighted by Gasteiger charge is -2.14. The lowest BCUT2D eigenvalue weighted by Crippen LogP contribution is -2.33. The maximum absolute atomic E-state index is 12.3. The summed E-state index contributed by atoms with van der Waals surface area (Å²) in [7, 11) is 1.58. The normalized spacial score (nSPS) is 17.1. The van der Waals surface area contributed by atoms with E-state index in [1.165, 1.54) is 9.80 Å². The largest absolute Gasteiger partial charge is 0.352 e. The van der Waals surface area contributed by atoms with Crippen molar-refractivity contribution in [1.82, 2.24) is 15.1 Å². The number of hydrogen-bond donors (Lipinski definition) is 2. The van der Waals surface area contributed by atoms with E-state index in [4.69, 9.17) is 0 Å². The fourth-order valence-corrected chi connectivity index (χ4v) is 3.77. The van der Waals surface area contributed by atoms with Crippen LogP contribution in [0.5, 0.6) is 0 Å². The van der Waals surface area contributed by atoms with Gasteiger partial charge in [-0.2, -0.15) is 0 Å². The number of carbonyl (C=O) groups excluding carboxylic acids is 4. The molecule has 1 heterocycles. The van der Waals surface area contributed by atoms with Crippen molar-refractivity contribution in [3.05, 3.63) is 29.8 Å². The zero-order valence-corrected chi connectivity index (χ0v) is 16.8. The third kappa shape index (κ3) is 5.56. The van der Waals surface area contributed by atoms with Gasteiger partial charge in [-0.05, 0) is 37.0 Å². The van der Waals surface area contributed by atoms with Crippen LogP contribution in [0.4, 0.5) is 10.5 Å². The first-order valence-electron chi connectivity index (χ1n) is 10.2. The van der Waals surface area contributed by atoms with Gasteiger partial charge in [-0.25, -0.2) is 4.79 Å². The third-order valence-corrected chi connectivity index (χ3v) is 5.43. The topological polar surface area (TPSA) is 98.8 Å². The van der Waals surface area contributed by atoms with Gasteiger partial charge >= 0.3 is 6.03 Å². The number of hydrogen-bond acceptors (Lipinski definition) is 4. The van der Waals surface area contributed by atoms with Crippen molar-refractivity contribution < 1.29 is 19.2 Å². The maximum atomic E-state index is 12.3. The highest BCUT2D eigenvalue weighted by Gasteiger charge is 2.32. The molecule has 1 aromatic rings. The van der Waals surface area contributed by atoms with E-state index in [0.717, 1.165) is 36.9 Å². The summed E-state index contributed by atoms with van der Waals surface area (Å²) in [5.74, 6) is -0.194. The number of rotatable bonds is 8. The predicted molar refractivity (Wildman–Crippen MR) is 108 cm³/mol. The zero-order chi connectivity index (χ0) is 20.8. The number of likely N-dealkylation sites (N-methyl/N-ethyl adjacent to an activating group) is 1. The molecule has 156 valence electrons. The number of imide groups is 1. The van der Waals surface area contributed by atoms with E-state index in [9.17, 15) is 19.2 Å². The molecule has 2 fully saturated rings. The minimum absolute atomic E-state index is 0.0698. The second-order valence-corrected chi connectivity index (χ2v) is 7.74. The van der Waals surface area contributed by atoms with Crippen LogP contribution >= 0.6 is 0 Å². The molecule has 1 aromatic carbocycles. The van der Waals surface area contributed by atoms with E-state index in [1.54, 1.807) is 7.05 Å². The molecule has 0 unspecified atom stereocenters. The Balaban J connectivity index is 1.40. The number of amides is 5. The SMILES string of the molecule is CN1CC(=O)N(CCCC(=O)NCc2cccc(NC(=O)C3CCCC3)c2)C1=O. The molecule has 5 amide bonds. The van der Waals surface area contributed by atoms with E-state index >= 15 is 0 Å². The molecule has 8 nitrogen and oxygen atoms in total. The minimum Gasteiger partial charge on any atom is -0.352 e. The molecule has 0 radical (unpaired) electrons. The number of nitrogens with one attached hydrogen (secondary N) is 2. The Kier molecular flexibility index (Phi) is 6.85. The fraction of sp³-hybridized carbons (Fsp3) is 0.524. The zero-order valence-electron chi connectivity index (χ0n) is 16.8. The molecule has 1 aliphatic heterocycles. The van der Waals surface area contributed by atoms with Crippen LogP contribution in [0.15, 0.2) is 24.3 Å². The molecule has 1 aliphatic carbocycles. The van der Waals surface area contributed by atoms with Crippen molar-refractivity contribution >= 4 is 29.4 Å². The fourth-order valence-electron chi connectivity index (χ4n) is 3.77. The Bertz CT molecular complexity index is 789. The van der Waals surface area contributed by atoms with Crippen molar-refractivity contribution in [2.45, 2.75) is 45.1 Å². The molecule has 1 saturated heterocycles. The van der Waals surface area contributed by atoms with Gasteiger partial charge in [0.05, 0.1) is 0 Å². The van der Waals surface area contributed by atoms with Gasteiger partial charge in [0.25, 0.3) is 0 Å². The highest BCUT2D eigenvalue weighted by molar-refractivity contribution is 6.01. The standard InChI is InChI=1S/C21H28N4O4/c1-24-14-19(27)25(21(24)29)11-5-10-18(26)22-13-15-6-4-9-17(12-15)23-20(28)16-7-2-3-8-16/h4,6,9,12,16H,2-3,5,7-8,10-11,13-14H2,1H3,(H,22,26)(H,23,28). The lowest BCUT2D eigenvalue weighted by atomic mass is 10.1. The Morgan fingerprint density at radius 3 is 2.62 bits per heavy atom. The smallest absolute Gasteiger partial charge is 0.326 e. The summed E-state index contributed by atoms with van der Waals surface area (Å²) >= 11 is 0. The van der Waals surface area contributed by atoms with Gasteiger partial charge in [0, 0.05) is 38.2 Å². The van der Waals surface area contributed by atoms with Gasteiger partial charge in [0.2, 0.25) is 17.7 Å². The molecule has 0 spiro atoms. The Hall–Kier alpha value is -2.90. The first-order chi connectivity index (χ1) is 13.9. The molecule has 0 atom stereocenters. The number of carbonyl (C=O) groups is 4. The molecule has 29 heavy (non-hydrogen) atoms. The summed E-state index contributed by atoms with van der Waals surface area (Å²) in [5.41, 5.74) is 1.64. The van der Waals surface area contributed by atoms with Crippen LogP contribution < -0.4 is 10.6 Å². The van der Waals surface area contributed by atoms with Gasteiger partial charge in [-0.3, -0.25) is 19.3 Å². The quantitative estimate of drug-likeness (QED) is 0.653. The predicted octanol–water partition coefficient (Wildman–Crippen LogP) is 2.11. The van der Waals surface area contributed by atoms with Crippen LogP contribution in [-0.4, -0.2) is 53.7 Å². The van der Waals surface area contributed by atoms with Crippen LogP contribution in [0.2, 0.25) is 0 Å². The molecule has 8 heteroatoms. The van der Waals surface area contributed by atoms with E-state index in [-0.39, 0.29) is 49.2 Å². The van der Waals surface area contributed by atoms with E-state index < -0.39 is 0 Å². The molecule has 2 aliphatic rings. The van der Waals surface area contributed by atoms with Crippen molar-refractivity contribution in [2.24, 2.45) is 5.92 Å². The summed E-state index contributed by atoms with van der Waals surface area (Å²) in [6, 6.07) is 7.14. The molecule has 1 saturated carbocycles. The lowest BCUT2D eigenvalue weighted by molar-refractivity contribution is -0.126. The van der Waals surface area contributed by atoms with Gasteiger partial charge in [-0.15, -0.1) is 0 Å². The Labute approximate surface area is 170 Å². The molecule has 3 rings (SSSR count). The Morgan fingerprint density at radius 2 is 1.93 bits per heavy atom. The second-order valence-electron chi connectivity index (χ2n) is 7.74. The summed E-state index contributed by atoms with van der Waals surface area (Å²) in [6.45, 7) is 0.701. The third-order valence-electron chi connectivity index (χ3n) is 5.43. The molecule has 0 bridgehead atoms. The Morgan fingerprint density at radius 1 is 1.17 bits per heavy atom. The van der Waals surface area contributed by atoms with E-state index in [2.05, 4.69) is 10.6 Å². The van der Waals surface area contributed by atoms with Crippen molar-refractivity contribution in [2.75, 3.05) is 25.5 Å². The van der Waals surface area contributed by atoms with Crippen molar-refractivity contribution in [1.29, 1.82) is 0 Å². The average Bonchev–Trinajstić information content (AvgIpc) is 3.31. The molecular weight excluding hydrogens is 372 g/mol. The average molecular weight is 400 g/mol. The molecular formula is C21H28N4O4. The summed E-state index contributed by atoms with van der Waals surface area (Å²) in [6.07, 6.45) is 4.79. The number of benzene rings is 1. The summed E-state index contributed by atoms with van der Waals surface area (Å²) in [5, 5.41) is 5.81. The van der Waals surface area contributed by atoms with Crippen LogP contribution in [0, 0.1) is 5.92 Å². The minimum atomic E-state index is -0.313. The molecule has 0 aromatic heterocycles. The molecule has 2 N–H and O–H groups in total. The highest BCUT2D eigenvalue weighted by atomic mass is 16.2. The van der Waals surface area contributed by atoms with Gasteiger partial charge in [0.15, 0.2) is 0 Å². The van der Waals surface area contributed by atoms with Crippen molar-refractivity contribution in [3.8, 4) is 0 Å². The number of nitrogens with zero attached hydrogens (tertiary/aromatic N) is 2. The van der Waals surface area contributed by atoms with Crippen molar-refractivity contribution in [3.63, 3.8) is 0 Å². The van der Waals surface area contributed by atoms with E-state index in [0.29, 0.717) is 13.0 Å². The number of urea groups is 1. The number of anilines is 1. The maximum Gasteiger partial charge on any atom is 0.326 e. The second kappa shape index (κ2) is 9.54. The van der Waals surface area contributed by atoms with Gasteiger partial charge < -0.3 is 15.5 Å². The van der Waals surface area contributed by atoms with E-state index in [1.807, 2.05) is 24.3 Å². The summed E-state index contributed by atoms with van der Waals surface area (Å²) < 4.78 is 0. The first-order valence-corrected chi connectivity index (χ1v) is 10.2. The van der Waals surface area contributed by atoms with Crippen LogP contribution in [0.1, 0.15) is 44.1 Å². The van der Waals surface area contributed by atoms with Crippen LogP contribution in [0.25, 0.3) is 0 Å².